The minimum atomic E-state index is -0.0446. The lowest BCUT2D eigenvalue weighted by molar-refractivity contribution is -0.137. The second kappa shape index (κ2) is 8.78. The third kappa shape index (κ3) is 4.44. The Morgan fingerprint density at radius 1 is 1.07 bits per heavy atom. The average Bonchev–Trinajstić information content (AvgIpc) is 2.78. The van der Waals surface area contributed by atoms with Crippen LogP contribution in [-0.2, 0) is 22.6 Å². The maximum Gasteiger partial charge on any atom is 0.239 e. The van der Waals surface area contributed by atoms with Crippen molar-refractivity contribution >= 4 is 11.8 Å². The molecule has 0 aromatic carbocycles. The highest BCUT2D eigenvalue weighted by Crippen LogP contribution is 2.27. The van der Waals surface area contributed by atoms with Crippen LogP contribution in [0, 0.1) is 0 Å². The van der Waals surface area contributed by atoms with E-state index in [0.717, 1.165) is 62.5 Å². The topological polar surface area (TPSA) is 69.6 Å². The molecular weight excluding hydrogens is 366 g/mol. The summed E-state index contributed by atoms with van der Waals surface area (Å²) in [5, 5.41) is 0. The summed E-state index contributed by atoms with van der Waals surface area (Å²) in [5.41, 5.74) is 2.14. The number of amides is 2. The van der Waals surface area contributed by atoms with Gasteiger partial charge in [0.1, 0.15) is 5.82 Å². The van der Waals surface area contributed by atoms with Crippen molar-refractivity contribution in [3.05, 3.63) is 23.3 Å². The van der Waals surface area contributed by atoms with E-state index in [0.29, 0.717) is 13.1 Å². The molecule has 4 heterocycles. The van der Waals surface area contributed by atoms with Gasteiger partial charge < -0.3 is 9.80 Å². The van der Waals surface area contributed by atoms with E-state index in [1.54, 1.807) is 6.92 Å². The molecule has 0 radical (unpaired) electrons. The summed E-state index contributed by atoms with van der Waals surface area (Å²) < 4.78 is 0. The number of piperidine rings is 2. The number of rotatable bonds is 3. The molecule has 0 spiro atoms. The maximum absolute atomic E-state index is 13.0. The van der Waals surface area contributed by atoms with E-state index in [4.69, 9.17) is 4.98 Å². The molecule has 4 rings (SSSR count). The molecule has 2 atom stereocenters. The zero-order valence-corrected chi connectivity index (χ0v) is 17.8. The highest BCUT2D eigenvalue weighted by atomic mass is 16.2. The monoisotopic (exact) mass is 399 g/mol. The van der Waals surface area contributed by atoms with Gasteiger partial charge in [0.25, 0.3) is 0 Å². The van der Waals surface area contributed by atoms with Gasteiger partial charge in [-0.1, -0.05) is 6.42 Å². The van der Waals surface area contributed by atoms with Crippen LogP contribution in [0.4, 0.5) is 0 Å². The van der Waals surface area contributed by atoms with E-state index in [2.05, 4.69) is 9.88 Å². The largest absolute Gasteiger partial charge is 0.342 e. The summed E-state index contributed by atoms with van der Waals surface area (Å²) in [7, 11) is 0. The van der Waals surface area contributed by atoms with Gasteiger partial charge in [-0.25, -0.2) is 9.97 Å². The number of nitrogens with zero attached hydrogens (tertiary/aromatic N) is 5. The summed E-state index contributed by atoms with van der Waals surface area (Å²) >= 11 is 0. The summed E-state index contributed by atoms with van der Waals surface area (Å²) in [6, 6.07) is -0.0446. The van der Waals surface area contributed by atoms with Gasteiger partial charge in [-0.05, 0) is 45.7 Å². The second-order valence-electron chi connectivity index (χ2n) is 8.79. The summed E-state index contributed by atoms with van der Waals surface area (Å²) in [6.07, 6.45) is 8.39. The van der Waals surface area contributed by atoms with Crippen molar-refractivity contribution in [1.29, 1.82) is 0 Å². The van der Waals surface area contributed by atoms with Gasteiger partial charge in [0.2, 0.25) is 11.8 Å². The number of fused-ring (bicyclic) bond motifs is 1. The third-order valence-electron chi connectivity index (χ3n) is 6.79. The molecule has 2 amide bonds. The minimum Gasteiger partial charge on any atom is -0.342 e. The van der Waals surface area contributed by atoms with Gasteiger partial charge in [0.05, 0.1) is 11.7 Å². The van der Waals surface area contributed by atoms with E-state index < -0.39 is 0 Å². The normalized spacial score (nSPS) is 24.1. The summed E-state index contributed by atoms with van der Waals surface area (Å²) in [5.74, 6) is 1.43. The van der Waals surface area contributed by atoms with Crippen molar-refractivity contribution in [2.24, 2.45) is 0 Å². The van der Waals surface area contributed by atoms with Crippen LogP contribution in [0.25, 0.3) is 0 Å². The van der Waals surface area contributed by atoms with Crippen molar-refractivity contribution in [3.8, 4) is 0 Å². The molecule has 0 saturated carbocycles. The number of hydrogen-bond acceptors (Lipinski definition) is 5. The first kappa shape index (κ1) is 20.3. The summed E-state index contributed by atoms with van der Waals surface area (Å²) in [4.78, 5) is 40.5. The Morgan fingerprint density at radius 2 is 1.86 bits per heavy atom. The Kier molecular flexibility index (Phi) is 6.13. The molecule has 0 aliphatic carbocycles. The third-order valence-corrected chi connectivity index (χ3v) is 6.79. The minimum absolute atomic E-state index is 0.0446. The van der Waals surface area contributed by atoms with Crippen molar-refractivity contribution in [2.45, 2.75) is 70.9 Å². The van der Waals surface area contributed by atoms with E-state index in [9.17, 15) is 9.59 Å². The van der Waals surface area contributed by atoms with E-state index in [-0.39, 0.29) is 23.8 Å². The van der Waals surface area contributed by atoms with Crippen LogP contribution in [0.15, 0.2) is 6.20 Å². The number of aromatic nitrogens is 2. The summed E-state index contributed by atoms with van der Waals surface area (Å²) in [6.45, 7) is 8.63. The fourth-order valence-electron chi connectivity index (χ4n) is 4.92. The number of carbonyl (C=O) groups is 2. The average molecular weight is 400 g/mol. The lowest BCUT2D eigenvalue weighted by atomic mass is 9.96. The van der Waals surface area contributed by atoms with Crippen molar-refractivity contribution in [2.75, 3.05) is 32.7 Å². The van der Waals surface area contributed by atoms with Crippen LogP contribution < -0.4 is 0 Å². The molecule has 1 aromatic heterocycles. The number of carbonyl (C=O) groups excluding carboxylic acids is 2. The van der Waals surface area contributed by atoms with Crippen LogP contribution in [0.3, 0.4) is 0 Å². The Balaban J connectivity index is 1.41. The van der Waals surface area contributed by atoms with E-state index >= 15 is 0 Å². The number of likely N-dealkylation sites (tertiary alicyclic amines) is 2. The Bertz CT molecular complexity index is 762. The predicted molar refractivity (Wildman–Crippen MR) is 110 cm³/mol. The first-order valence-electron chi connectivity index (χ1n) is 11.2. The smallest absolute Gasteiger partial charge is 0.239 e. The molecule has 0 bridgehead atoms. The van der Waals surface area contributed by atoms with Gasteiger partial charge in [-0.15, -0.1) is 0 Å². The number of hydrogen-bond donors (Lipinski definition) is 0. The highest BCUT2D eigenvalue weighted by Gasteiger charge is 2.31. The molecule has 7 heteroatoms. The van der Waals surface area contributed by atoms with Crippen LogP contribution in [0.5, 0.6) is 0 Å². The molecule has 158 valence electrons. The standard InChI is InChI=1S/C22H33N5O2/c1-16(25-9-4-3-5-10-25)22(29)27-12-8-20-19(15-27)13-23-21(24-20)18-7-6-11-26(14-18)17(2)28/h13,16,18H,3-12,14-15H2,1-2H3/t16-,18-/m0/s1. The lowest BCUT2D eigenvalue weighted by Gasteiger charge is -2.36. The molecule has 0 N–H and O–H groups in total. The molecular formula is C22H33N5O2. The molecule has 3 aliphatic heterocycles. The van der Waals surface area contributed by atoms with Gasteiger partial charge in [0.15, 0.2) is 0 Å². The quantitative estimate of drug-likeness (QED) is 0.777. The van der Waals surface area contributed by atoms with Gasteiger partial charge in [-0.2, -0.15) is 0 Å². The zero-order valence-electron chi connectivity index (χ0n) is 17.8. The Morgan fingerprint density at radius 3 is 2.62 bits per heavy atom. The fraction of sp³-hybridized carbons (Fsp3) is 0.727. The van der Waals surface area contributed by atoms with Crippen molar-refractivity contribution < 1.29 is 9.59 Å². The second-order valence-corrected chi connectivity index (χ2v) is 8.79. The SMILES string of the molecule is CC(=O)N1CCC[C@H](c2ncc3c(n2)CCN(C(=O)[C@H](C)N2CCCCC2)C3)C1. The Labute approximate surface area is 173 Å². The van der Waals surface area contributed by atoms with Crippen molar-refractivity contribution in [3.63, 3.8) is 0 Å². The van der Waals surface area contributed by atoms with Crippen LogP contribution in [0.1, 0.15) is 69.0 Å². The van der Waals surface area contributed by atoms with Gasteiger partial charge >= 0.3 is 0 Å². The molecule has 1 aromatic rings. The molecule has 0 unspecified atom stereocenters. The van der Waals surface area contributed by atoms with E-state index in [1.165, 1.54) is 19.3 Å². The van der Waals surface area contributed by atoms with Crippen LogP contribution in [0.2, 0.25) is 0 Å². The van der Waals surface area contributed by atoms with Crippen LogP contribution >= 0.6 is 0 Å². The highest BCUT2D eigenvalue weighted by molar-refractivity contribution is 5.81. The Hall–Kier alpha value is -2.02. The first-order chi connectivity index (χ1) is 14.0. The molecule has 2 saturated heterocycles. The molecule has 29 heavy (non-hydrogen) atoms. The van der Waals surface area contributed by atoms with E-state index in [1.807, 2.05) is 22.9 Å². The maximum atomic E-state index is 13.0. The zero-order chi connectivity index (χ0) is 20.4. The molecule has 3 aliphatic rings. The fourth-order valence-corrected chi connectivity index (χ4v) is 4.92. The molecule has 2 fully saturated rings. The van der Waals surface area contributed by atoms with Gasteiger partial charge in [0, 0.05) is 57.2 Å². The first-order valence-corrected chi connectivity index (χ1v) is 11.2. The van der Waals surface area contributed by atoms with Gasteiger partial charge in [-0.3, -0.25) is 14.5 Å². The molecule has 7 nitrogen and oxygen atoms in total. The lowest BCUT2D eigenvalue weighted by Crippen LogP contribution is -2.50. The van der Waals surface area contributed by atoms with Crippen molar-refractivity contribution in [1.82, 2.24) is 24.7 Å². The van der Waals surface area contributed by atoms with Crippen LogP contribution in [-0.4, -0.2) is 75.2 Å². The predicted octanol–water partition coefficient (Wildman–Crippen LogP) is 1.96.